The molecule has 1 aliphatic heterocycles. The molecule has 162 valence electrons. The highest BCUT2D eigenvalue weighted by atomic mass is 35.5. The molecule has 7 nitrogen and oxygen atoms in total. The molecule has 2 aromatic rings. The highest BCUT2D eigenvalue weighted by Crippen LogP contribution is 2.29. The highest BCUT2D eigenvalue weighted by Gasteiger charge is 2.30. The lowest BCUT2D eigenvalue weighted by molar-refractivity contribution is 0.0697. The Morgan fingerprint density at radius 3 is 2.13 bits per heavy atom. The zero-order valence-electron chi connectivity index (χ0n) is 17.0. The van der Waals surface area contributed by atoms with Gasteiger partial charge in [-0.1, -0.05) is 11.6 Å². The second-order valence-electron chi connectivity index (χ2n) is 6.68. The third-order valence-electron chi connectivity index (χ3n) is 4.77. The Kier molecular flexibility index (Phi) is 7.23. The molecule has 0 N–H and O–H groups in total. The molecule has 0 aromatic heterocycles. The van der Waals surface area contributed by atoms with E-state index in [0.29, 0.717) is 48.4 Å². The van der Waals surface area contributed by atoms with E-state index in [1.165, 1.54) is 16.4 Å². The molecule has 1 saturated heterocycles. The maximum absolute atomic E-state index is 12.9. The van der Waals surface area contributed by atoms with E-state index in [2.05, 4.69) is 0 Å². The molecular formula is C21H25ClN2O5S. The van der Waals surface area contributed by atoms with E-state index in [0.717, 1.165) is 0 Å². The average Bonchev–Trinajstić information content (AvgIpc) is 2.75. The van der Waals surface area contributed by atoms with Crippen LogP contribution >= 0.6 is 11.6 Å². The van der Waals surface area contributed by atoms with Gasteiger partial charge in [0.25, 0.3) is 5.91 Å². The topological polar surface area (TPSA) is 76.2 Å². The van der Waals surface area contributed by atoms with Crippen molar-refractivity contribution in [3.63, 3.8) is 0 Å². The number of hydrogen-bond donors (Lipinski definition) is 0. The molecule has 30 heavy (non-hydrogen) atoms. The number of benzene rings is 2. The minimum absolute atomic E-state index is 0.164. The normalized spacial score (nSPS) is 15.1. The number of carbonyl (C=O) groups is 1. The molecule has 2 aromatic carbocycles. The molecule has 0 radical (unpaired) electrons. The number of halogens is 1. The Labute approximate surface area is 182 Å². The first kappa shape index (κ1) is 22.4. The quantitative estimate of drug-likeness (QED) is 0.644. The highest BCUT2D eigenvalue weighted by molar-refractivity contribution is 7.89. The van der Waals surface area contributed by atoms with Crippen LogP contribution in [0.15, 0.2) is 47.4 Å². The Morgan fingerprint density at radius 1 is 0.933 bits per heavy atom. The van der Waals surface area contributed by atoms with Crippen molar-refractivity contribution in [3.8, 4) is 11.5 Å². The van der Waals surface area contributed by atoms with Crippen LogP contribution in [0.3, 0.4) is 0 Å². The summed E-state index contributed by atoms with van der Waals surface area (Å²) in [4.78, 5) is 14.8. The zero-order chi connectivity index (χ0) is 21.7. The molecular weight excluding hydrogens is 428 g/mol. The van der Waals surface area contributed by atoms with Crippen LogP contribution < -0.4 is 9.47 Å². The predicted octanol–water partition coefficient (Wildman–Crippen LogP) is 3.28. The van der Waals surface area contributed by atoms with Crippen molar-refractivity contribution in [3.05, 3.63) is 53.1 Å². The van der Waals surface area contributed by atoms with Crippen LogP contribution in [0, 0.1) is 0 Å². The third-order valence-corrected chi connectivity index (χ3v) is 6.93. The van der Waals surface area contributed by atoms with Gasteiger partial charge < -0.3 is 14.4 Å². The van der Waals surface area contributed by atoms with Gasteiger partial charge in [0.1, 0.15) is 0 Å². The summed E-state index contributed by atoms with van der Waals surface area (Å²) < 4.78 is 38.1. The fourth-order valence-electron chi connectivity index (χ4n) is 3.25. The molecule has 0 unspecified atom stereocenters. The van der Waals surface area contributed by atoms with Gasteiger partial charge in [-0.3, -0.25) is 4.79 Å². The Hall–Kier alpha value is -2.29. The van der Waals surface area contributed by atoms with Gasteiger partial charge in [-0.15, -0.1) is 0 Å². The van der Waals surface area contributed by atoms with Crippen molar-refractivity contribution in [1.29, 1.82) is 0 Å². The van der Waals surface area contributed by atoms with Crippen LogP contribution in [0.1, 0.15) is 24.2 Å². The van der Waals surface area contributed by atoms with E-state index in [9.17, 15) is 13.2 Å². The van der Waals surface area contributed by atoms with Gasteiger partial charge in [-0.05, 0) is 56.3 Å². The Balaban J connectivity index is 1.69. The van der Waals surface area contributed by atoms with E-state index in [-0.39, 0.29) is 23.9 Å². The average molecular weight is 453 g/mol. The van der Waals surface area contributed by atoms with Gasteiger partial charge in [0, 0.05) is 36.8 Å². The van der Waals surface area contributed by atoms with Gasteiger partial charge in [0.2, 0.25) is 10.0 Å². The van der Waals surface area contributed by atoms with Crippen molar-refractivity contribution >= 4 is 27.5 Å². The number of piperazine rings is 1. The van der Waals surface area contributed by atoms with Gasteiger partial charge >= 0.3 is 0 Å². The van der Waals surface area contributed by atoms with Crippen LogP contribution in [-0.4, -0.2) is 62.9 Å². The maximum Gasteiger partial charge on any atom is 0.254 e. The Bertz CT molecular complexity index is 987. The monoisotopic (exact) mass is 452 g/mol. The Morgan fingerprint density at radius 2 is 1.53 bits per heavy atom. The molecule has 1 heterocycles. The second kappa shape index (κ2) is 9.68. The number of hydrogen-bond acceptors (Lipinski definition) is 5. The molecule has 9 heteroatoms. The van der Waals surface area contributed by atoms with Crippen LogP contribution in [0.25, 0.3) is 0 Å². The van der Waals surface area contributed by atoms with E-state index in [4.69, 9.17) is 21.1 Å². The molecule has 0 saturated carbocycles. The second-order valence-corrected chi connectivity index (χ2v) is 9.05. The fourth-order valence-corrected chi connectivity index (χ4v) is 4.80. The summed E-state index contributed by atoms with van der Waals surface area (Å²) in [6, 6.07) is 11.2. The smallest absolute Gasteiger partial charge is 0.254 e. The summed E-state index contributed by atoms with van der Waals surface area (Å²) in [5, 5.41) is 0.478. The zero-order valence-corrected chi connectivity index (χ0v) is 18.6. The van der Waals surface area contributed by atoms with Gasteiger partial charge in [-0.25, -0.2) is 8.42 Å². The van der Waals surface area contributed by atoms with E-state index >= 15 is 0 Å². The lowest BCUT2D eigenvalue weighted by atomic mass is 10.1. The van der Waals surface area contributed by atoms with Crippen LogP contribution in [-0.2, 0) is 10.0 Å². The number of rotatable bonds is 7. The molecule has 1 aliphatic rings. The fraction of sp³-hybridized carbons (Fsp3) is 0.381. The van der Waals surface area contributed by atoms with E-state index < -0.39 is 10.0 Å². The molecule has 0 aliphatic carbocycles. The van der Waals surface area contributed by atoms with Crippen LogP contribution in [0.5, 0.6) is 11.5 Å². The summed E-state index contributed by atoms with van der Waals surface area (Å²) in [6.07, 6.45) is 0. The minimum atomic E-state index is -3.62. The molecule has 0 spiro atoms. The molecule has 1 fully saturated rings. The summed E-state index contributed by atoms with van der Waals surface area (Å²) >= 11 is 5.85. The number of ether oxygens (including phenoxy) is 2. The SMILES string of the molecule is CCOc1ccc(C(=O)N2CCN(S(=O)(=O)c3ccc(Cl)cc3)CC2)cc1OCC. The molecule has 3 rings (SSSR count). The number of carbonyl (C=O) groups excluding carboxylic acids is 1. The summed E-state index contributed by atoms with van der Waals surface area (Å²) in [7, 11) is -3.62. The van der Waals surface area contributed by atoms with Gasteiger partial charge in [0.05, 0.1) is 18.1 Å². The van der Waals surface area contributed by atoms with Crippen LogP contribution in [0.2, 0.25) is 5.02 Å². The first-order valence-corrected chi connectivity index (χ1v) is 11.6. The lowest BCUT2D eigenvalue weighted by Gasteiger charge is -2.34. The molecule has 0 atom stereocenters. The van der Waals surface area contributed by atoms with Crippen LogP contribution in [0.4, 0.5) is 0 Å². The number of sulfonamides is 1. The largest absolute Gasteiger partial charge is 0.490 e. The van der Waals surface area contributed by atoms with E-state index in [1.807, 2.05) is 13.8 Å². The van der Waals surface area contributed by atoms with Crippen molar-refractivity contribution in [2.24, 2.45) is 0 Å². The molecule has 1 amide bonds. The number of nitrogens with zero attached hydrogens (tertiary/aromatic N) is 2. The first-order valence-electron chi connectivity index (χ1n) is 9.81. The van der Waals surface area contributed by atoms with Crippen molar-refractivity contribution < 1.29 is 22.7 Å². The predicted molar refractivity (Wildman–Crippen MR) is 115 cm³/mol. The maximum atomic E-state index is 12.9. The molecule has 0 bridgehead atoms. The van der Waals surface area contributed by atoms with Crippen molar-refractivity contribution in [2.45, 2.75) is 18.7 Å². The van der Waals surface area contributed by atoms with Gasteiger partial charge in [-0.2, -0.15) is 4.31 Å². The summed E-state index contributed by atoms with van der Waals surface area (Å²) in [6.45, 7) is 5.77. The standard InChI is InChI=1S/C21H25ClN2O5S/c1-3-28-19-10-5-16(15-20(19)29-4-2)21(25)23-11-13-24(14-12-23)30(26,27)18-8-6-17(22)7-9-18/h5-10,15H,3-4,11-14H2,1-2H3. The minimum Gasteiger partial charge on any atom is -0.490 e. The summed E-state index contributed by atoms with van der Waals surface area (Å²) in [5.41, 5.74) is 0.482. The lowest BCUT2D eigenvalue weighted by Crippen LogP contribution is -2.50. The van der Waals surface area contributed by atoms with E-state index in [1.54, 1.807) is 35.2 Å². The van der Waals surface area contributed by atoms with Gasteiger partial charge in [0.15, 0.2) is 11.5 Å². The summed E-state index contributed by atoms with van der Waals surface area (Å²) in [5.74, 6) is 0.950. The third kappa shape index (κ3) is 4.88. The van der Waals surface area contributed by atoms with Crippen molar-refractivity contribution in [2.75, 3.05) is 39.4 Å². The van der Waals surface area contributed by atoms with Crippen molar-refractivity contribution in [1.82, 2.24) is 9.21 Å². The number of amides is 1. The first-order chi connectivity index (χ1) is 14.4.